The Hall–Kier alpha value is -1.68. The third-order valence-corrected chi connectivity index (χ3v) is 3.31. The highest BCUT2D eigenvalue weighted by Crippen LogP contribution is 2.14. The third kappa shape index (κ3) is 4.67. The molecule has 0 fully saturated rings. The Bertz CT molecular complexity index is 665. The molecular weight excluding hydrogens is 412 g/mol. The lowest BCUT2D eigenvalue weighted by atomic mass is 10.4. The molecule has 0 aliphatic carbocycles. The molecule has 21 heavy (non-hydrogen) atoms. The van der Waals surface area contributed by atoms with Crippen LogP contribution in [0.2, 0.25) is 0 Å². The first kappa shape index (κ1) is 17.4. The summed E-state index contributed by atoms with van der Waals surface area (Å²) in [6.45, 7) is 0. The highest BCUT2D eigenvalue weighted by atomic mass is 79.9. The van der Waals surface area contributed by atoms with Gasteiger partial charge in [-0.3, -0.25) is 9.36 Å². The number of aromatic carboxylic acids is 1. The molecule has 114 valence electrons. The molecule has 2 rings (SSSR count). The van der Waals surface area contributed by atoms with Gasteiger partial charge in [0.2, 0.25) is 0 Å². The zero-order chi connectivity index (χ0) is 16.2. The molecule has 0 bridgehead atoms. The first-order chi connectivity index (χ1) is 9.76. The predicted molar refractivity (Wildman–Crippen MR) is 80.1 cm³/mol. The lowest BCUT2D eigenvalue weighted by Gasteiger charge is -1.92. The predicted octanol–water partition coefficient (Wildman–Crippen LogP) is 1.85. The van der Waals surface area contributed by atoms with E-state index in [-0.39, 0.29) is 5.69 Å². The Morgan fingerprint density at radius 3 is 1.76 bits per heavy atom. The second-order valence-electron chi connectivity index (χ2n) is 3.80. The van der Waals surface area contributed by atoms with Crippen molar-refractivity contribution in [3.05, 3.63) is 32.7 Å². The van der Waals surface area contributed by atoms with Gasteiger partial charge in [0, 0.05) is 26.5 Å². The first-order valence-corrected chi connectivity index (χ1v) is 7.04. The number of ether oxygens (including phenoxy) is 1. The molecule has 0 atom stereocenters. The van der Waals surface area contributed by atoms with Gasteiger partial charge in [-0.25, -0.2) is 9.59 Å². The standard InChI is InChI=1S/C6H7BrN2O2.C5H5BrN2O2/c1-9-3-4(7)5(8-9)6(10)11-2;1-8-2-3(6)4(7-8)5(9)10/h3H,1-2H3;2H,1H3,(H,9,10). The number of carbonyl (C=O) groups excluding carboxylic acids is 1. The molecule has 1 N–H and O–H groups in total. The molecule has 0 saturated heterocycles. The maximum Gasteiger partial charge on any atom is 0.359 e. The van der Waals surface area contributed by atoms with Gasteiger partial charge in [0.05, 0.1) is 16.1 Å². The minimum absolute atomic E-state index is 0.0440. The van der Waals surface area contributed by atoms with Crippen LogP contribution in [0, 0.1) is 0 Å². The highest BCUT2D eigenvalue weighted by Gasteiger charge is 2.13. The highest BCUT2D eigenvalue weighted by molar-refractivity contribution is 9.10. The van der Waals surface area contributed by atoms with E-state index in [1.807, 2.05) is 0 Å². The van der Waals surface area contributed by atoms with Crippen LogP contribution in [0.1, 0.15) is 21.0 Å². The fraction of sp³-hybridized carbons (Fsp3) is 0.273. The van der Waals surface area contributed by atoms with Crippen molar-refractivity contribution in [2.45, 2.75) is 0 Å². The third-order valence-electron chi connectivity index (χ3n) is 2.15. The number of halogens is 2. The number of esters is 1. The van der Waals surface area contributed by atoms with Crippen LogP contribution < -0.4 is 0 Å². The summed E-state index contributed by atoms with van der Waals surface area (Å²) in [5, 5.41) is 16.0. The molecule has 0 amide bonds. The summed E-state index contributed by atoms with van der Waals surface area (Å²) in [5.74, 6) is -1.45. The van der Waals surface area contributed by atoms with Crippen molar-refractivity contribution in [3.8, 4) is 0 Å². The smallest absolute Gasteiger partial charge is 0.359 e. The number of carboxylic acid groups (broad SMARTS) is 1. The number of hydrogen-bond donors (Lipinski definition) is 1. The van der Waals surface area contributed by atoms with Gasteiger partial charge < -0.3 is 9.84 Å². The Balaban J connectivity index is 0.000000211. The van der Waals surface area contributed by atoms with Gasteiger partial charge in [0.15, 0.2) is 11.4 Å². The van der Waals surface area contributed by atoms with Gasteiger partial charge in [-0.05, 0) is 31.9 Å². The van der Waals surface area contributed by atoms with Crippen molar-refractivity contribution < 1.29 is 19.4 Å². The van der Waals surface area contributed by atoms with E-state index in [0.717, 1.165) is 0 Å². The van der Waals surface area contributed by atoms with Crippen LogP contribution in [0.25, 0.3) is 0 Å². The monoisotopic (exact) mass is 422 g/mol. The number of rotatable bonds is 2. The number of aryl methyl sites for hydroxylation is 2. The number of nitrogens with zero attached hydrogens (tertiary/aromatic N) is 4. The Morgan fingerprint density at radius 2 is 1.52 bits per heavy atom. The van der Waals surface area contributed by atoms with Crippen LogP contribution >= 0.6 is 31.9 Å². The lowest BCUT2D eigenvalue weighted by molar-refractivity contribution is 0.0591. The second kappa shape index (κ2) is 7.36. The second-order valence-corrected chi connectivity index (χ2v) is 5.50. The van der Waals surface area contributed by atoms with Gasteiger partial charge in [0.1, 0.15) is 0 Å². The fourth-order valence-corrected chi connectivity index (χ4v) is 2.38. The summed E-state index contributed by atoms with van der Waals surface area (Å²) in [6.07, 6.45) is 3.27. The molecule has 2 heterocycles. The Labute approximate surface area is 136 Å². The van der Waals surface area contributed by atoms with Crippen molar-refractivity contribution in [3.63, 3.8) is 0 Å². The van der Waals surface area contributed by atoms with E-state index in [4.69, 9.17) is 5.11 Å². The average Bonchev–Trinajstić information content (AvgIpc) is 2.91. The minimum Gasteiger partial charge on any atom is -0.476 e. The molecular formula is C11H12Br2N4O4. The van der Waals surface area contributed by atoms with Gasteiger partial charge >= 0.3 is 11.9 Å². The van der Waals surface area contributed by atoms with Gasteiger partial charge in [0.25, 0.3) is 0 Å². The number of carbonyl (C=O) groups is 2. The lowest BCUT2D eigenvalue weighted by Crippen LogP contribution is -2.03. The van der Waals surface area contributed by atoms with Crippen LogP contribution in [0.5, 0.6) is 0 Å². The zero-order valence-electron chi connectivity index (χ0n) is 11.4. The first-order valence-electron chi connectivity index (χ1n) is 5.46. The summed E-state index contributed by atoms with van der Waals surface area (Å²) in [6, 6.07) is 0. The fourth-order valence-electron chi connectivity index (χ4n) is 1.30. The van der Waals surface area contributed by atoms with Crippen molar-refractivity contribution in [2.24, 2.45) is 14.1 Å². The summed E-state index contributed by atoms with van der Waals surface area (Å²) >= 11 is 6.23. The van der Waals surface area contributed by atoms with Crippen molar-refractivity contribution in [1.82, 2.24) is 19.6 Å². The molecule has 10 heteroatoms. The Morgan fingerprint density at radius 1 is 1.10 bits per heavy atom. The van der Waals surface area contributed by atoms with E-state index in [9.17, 15) is 9.59 Å². The molecule has 2 aromatic rings. The number of methoxy groups -OCH3 is 1. The molecule has 0 aromatic carbocycles. The Kier molecular flexibility index (Phi) is 6.09. The zero-order valence-corrected chi connectivity index (χ0v) is 14.5. The van der Waals surface area contributed by atoms with Gasteiger partial charge in [-0.1, -0.05) is 0 Å². The maximum absolute atomic E-state index is 10.9. The van der Waals surface area contributed by atoms with Crippen molar-refractivity contribution >= 4 is 43.8 Å². The van der Waals surface area contributed by atoms with Crippen molar-refractivity contribution in [2.75, 3.05) is 7.11 Å². The SMILES string of the molecule is COC(=O)c1nn(C)cc1Br.Cn1cc(Br)c(C(=O)O)n1. The topological polar surface area (TPSA) is 99.2 Å². The summed E-state index contributed by atoms with van der Waals surface area (Å²) in [4.78, 5) is 21.2. The normalized spacial score (nSPS) is 9.76. The number of aromatic nitrogens is 4. The van der Waals surface area contributed by atoms with Gasteiger partial charge in [-0.15, -0.1) is 0 Å². The van der Waals surface area contributed by atoms with Crippen molar-refractivity contribution in [1.29, 1.82) is 0 Å². The van der Waals surface area contributed by atoms with E-state index in [2.05, 4.69) is 46.8 Å². The van der Waals surface area contributed by atoms with Crippen LogP contribution in [-0.4, -0.2) is 43.7 Å². The maximum atomic E-state index is 10.9. The van der Waals surface area contributed by atoms with Gasteiger partial charge in [-0.2, -0.15) is 10.2 Å². The molecule has 2 aromatic heterocycles. The van der Waals surface area contributed by atoms with Crippen LogP contribution in [0.4, 0.5) is 0 Å². The quantitative estimate of drug-likeness (QED) is 0.740. The largest absolute Gasteiger partial charge is 0.476 e. The number of carboxylic acids is 1. The molecule has 0 saturated carbocycles. The van der Waals surface area contributed by atoms with Crippen LogP contribution in [0.3, 0.4) is 0 Å². The number of hydrogen-bond acceptors (Lipinski definition) is 5. The molecule has 8 nitrogen and oxygen atoms in total. The molecule has 0 aliphatic heterocycles. The summed E-state index contributed by atoms with van der Waals surface area (Å²) in [5.41, 5.74) is 0.345. The molecule has 0 unspecified atom stereocenters. The molecule has 0 spiro atoms. The summed E-state index contributed by atoms with van der Waals surface area (Å²) in [7, 11) is 4.72. The van der Waals surface area contributed by atoms with E-state index < -0.39 is 11.9 Å². The average molecular weight is 424 g/mol. The van der Waals surface area contributed by atoms with E-state index >= 15 is 0 Å². The minimum atomic E-state index is -1.02. The molecule has 0 aliphatic rings. The van der Waals surface area contributed by atoms with E-state index in [1.165, 1.54) is 16.5 Å². The van der Waals surface area contributed by atoms with E-state index in [1.54, 1.807) is 26.5 Å². The van der Waals surface area contributed by atoms with Crippen LogP contribution in [0.15, 0.2) is 21.3 Å². The van der Waals surface area contributed by atoms with Crippen LogP contribution in [-0.2, 0) is 18.8 Å². The summed E-state index contributed by atoms with van der Waals surface area (Å²) < 4.78 is 8.61. The molecule has 0 radical (unpaired) electrons. The van der Waals surface area contributed by atoms with E-state index in [0.29, 0.717) is 14.6 Å².